The summed E-state index contributed by atoms with van der Waals surface area (Å²) in [6.45, 7) is 11.6. The lowest BCUT2D eigenvalue weighted by atomic mass is 9.95. The molecule has 6 atom stereocenters. The molecule has 0 aliphatic heterocycles. The molecule has 0 aromatic heterocycles. The molecular weight excluding hydrogens is 582 g/mol. The zero-order valence-corrected chi connectivity index (χ0v) is 27.9. The molecule has 1 rings (SSSR count). The Morgan fingerprint density at radius 1 is 0.800 bits per heavy atom. The molecule has 1 aliphatic rings. The number of aliphatic carboxylic acids is 1. The van der Waals surface area contributed by atoms with Crippen molar-refractivity contribution in [3.8, 4) is 0 Å². The number of carboxylic acid groups (broad SMARTS) is 1. The third kappa shape index (κ3) is 16.1. The van der Waals surface area contributed by atoms with Crippen LogP contribution >= 0.6 is 0 Å². The van der Waals surface area contributed by atoms with E-state index >= 15 is 0 Å². The van der Waals surface area contributed by atoms with Gasteiger partial charge in [-0.05, 0) is 50.4 Å². The summed E-state index contributed by atoms with van der Waals surface area (Å²) in [6, 6.07) is -3.34. The number of nitrogens with one attached hydrogen (secondary N) is 5. The van der Waals surface area contributed by atoms with Crippen molar-refractivity contribution in [2.45, 2.75) is 142 Å². The van der Waals surface area contributed by atoms with Gasteiger partial charge in [0.2, 0.25) is 29.5 Å². The summed E-state index contributed by atoms with van der Waals surface area (Å²) in [4.78, 5) is 75.5. The van der Waals surface area contributed by atoms with Crippen LogP contribution in [0.1, 0.15) is 112 Å². The Hall–Kier alpha value is -3.22. The molecular formula is C32H57N5O8. The second-order valence-electron chi connectivity index (χ2n) is 12.7. The molecule has 0 aromatic rings. The predicted octanol–water partition coefficient (Wildman–Crippen LogP) is 1.76. The number of likely N-dealkylation sites (N-methyl/N-ethyl adjacent to an activating group) is 1. The quantitative estimate of drug-likeness (QED) is 0.0876. The number of aliphatic hydroxyl groups is 1. The highest BCUT2D eigenvalue weighted by atomic mass is 16.4. The normalized spacial score (nSPS) is 16.8. The number of carbonyl (C=O) groups is 6. The molecule has 0 aromatic carbocycles. The maximum atomic E-state index is 13.5. The third-order valence-corrected chi connectivity index (χ3v) is 8.00. The lowest BCUT2D eigenvalue weighted by Crippen LogP contribution is -2.57. The summed E-state index contributed by atoms with van der Waals surface area (Å²) in [5.41, 5.74) is 0. The van der Waals surface area contributed by atoms with Gasteiger partial charge in [0.15, 0.2) is 0 Å². The number of carboxylic acids is 1. The van der Waals surface area contributed by atoms with Crippen molar-refractivity contribution in [1.82, 2.24) is 26.6 Å². The Labute approximate surface area is 267 Å². The van der Waals surface area contributed by atoms with Crippen LogP contribution in [0.3, 0.4) is 0 Å². The van der Waals surface area contributed by atoms with Gasteiger partial charge in [0.25, 0.3) is 0 Å². The summed E-state index contributed by atoms with van der Waals surface area (Å²) in [7, 11) is 0. The monoisotopic (exact) mass is 639 g/mol. The highest BCUT2D eigenvalue weighted by molar-refractivity contribution is 5.92. The molecule has 45 heavy (non-hydrogen) atoms. The zero-order chi connectivity index (χ0) is 34.1. The van der Waals surface area contributed by atoms with E-state index in [0.29, 0.717) is 44.6 Å². The first-order valence-electron chi connectivity index (χ1n) is 16.6. The SMILES string of the molecule is CCC[C@H](NC(=O)[C@@H](NC(=O)CCCC(=O)O)[C@@H](C)CC)C(=O)N[C@@H](CC(C)C)[C@@H](O)CC(=O)N[C@@H](CC1CC1)C(=O)NCC. The van der Waals surface area contributed by atoms with Gasteiger partial charge in [-0.15, -0.1) is 0 Å². The van der Waals surface area contributed by atoms with Crippen LogP contribution in [0.4, 0.5) is 0 Å². The van der Waals surface area contributed by atoms with E-state index < -0.39 is 59.9 Å². The van der Waals surface area contributed by atoms with Gasteiger partial charge in [-0.3, -0.25) is 28.8 Å². The van der Waals surface area contributed by atoms with Crippen LogP contribution in [0.15, 0.2) is 0 Å². The van der Waals surface area contributed by atoms with Gasteiger partial charge in [0.1, 0.15) is 18.1 Å². The minimum Gasteiger partial charge on any atom is -0.481 e. The Bertz CT molecular complexity index is 987. The Kier molecular flexibility index (Phi) is 18.3. The molecule has 0 radical (unpaired) electrons. The van der Waals surface area contributed by atoms with E-state index in [2.05, 4.69) is 26.6 Å². The fourth-order valence-electron chi connectivity index (χ4n) is 5.07. The Balaban J connectivity index is 2.94. The van der Waals surface area contributed by atoms with Crippen LogP contribution in [0.5, 0.6) is 0 Å². The summed E-state index contributed by atoms with van der Waals surface area (Å²) in [6.07, 6.45) is 2.78. The van der Waals surface area contributed by atoms with Gasteiger partial charge in [0, 0.05) is 19.4 Å². The first-order valence-corrected chi connectivity index (χ1v) is 16.6. The van der Waals surface area contributed by atoms with Crippen LogP contribution in [0.25, 0.3) is 0 Å². The smallest absolute Gasteiger partial charge is 0.303 e. The molecule has 5 amide bonds. The molecule has 13 nitrogen and oxygen atoms in total. The van der Waals surface area contributed by atoms with Crippen LogP contribution in [0.2, 0.25) is 0 Å². The maximum Gasteiger partial charge on any atom is 0.303 e. The average Bonchev–Trinajstić information content (AvgIpc) is 3.78. The van der Waals surface area contributed by atoms with Crippen molar-refractivity contribution < 1.29 is 39.0 Å². The second kappa shape index (κ2) is 20.7. The maximum absolute atomic E-state index is 13.5. The van der Waals surface area contributed by atoms with Crippen molar-refractivity contribution in [2.75, 3.05) is 6.54 Å². The standard InChI is InChI=1S/C32H57N5O8/c1-7-11-22(35-32(45)29(20(6)8-2)37-26(39)12-10-13-28(41)42)31(44)36-23(16-19(4)5)25(38)18-27(40)34-24(17-21-14-15-21)30(43)33-9-3/h19-25,29,38H,7-18H2,1-6H3,(H,33,43)(H,34,40)(H,35,45)(H,36,44)(H,37,39)(H,41,42)/t20-,22-,23-,24-,25-,29-/m0/s1. The van der Waals surface area contributed by atoms with E-state index in [4.69, 9.17) is 5.11 Å². The van der Waals surface area contributed by atoms with Crippen molar-refractivity contribution in [3.05, 3.63) is 0 Å². The highest BCUT2D eigenvalue weighted by Gasteiger charge is 2.34. The van der Waals surface area contributed by atoms with Gasteiger partial charge in [-0.1, -0.05) is 60.3 Å². The molecule has 1 fully saturated rings. The van der Waals surface area contributed by atoms with Crippen molar-refractivity contribution >= 4 is 35.5 Å². The van der Waals surface area contributed by atoms with Crippen molar-refractivity contribution in [2.24, 2.45) is 17.8 Å². The van der Waals surface area contributed by atoms with E-state index in [1.54, 1.807) is 13.8 Å². The van der Waals surface area contributed by atoms with E-state index in [1.165, 1.54) is 0 Å². The van der Waals surface area contributed by atoms with Crippen molar-refractivity contribution in [3.63, 3.8) is 0 Å². The zero-order valence-electron chi connectivity index (χ0n) is 27.9. The molecule has 1 aliphatic carbocycles. The lowest BCUT2D eigenvalue weighted by molar-refractivity contribution is -0.137. The van der Waals surface area contributed by atoms with Crippen molar-refractivity contribution in [1.29, 1.82) is 0 Å². The second-order valence-corrected chi connectivity index (χ2v) is 12.7. The van der Waals surface area contributed by atoms with Crippen LogP contribution in [-0.2, 0) is 28.8 Å². The number of carbonyl (C=O) groups excluding carboxylic acids is 5. The highest BCUT2D eigenvalue weighted by Crippen LogP contribution is 2.33. The summed E-state index contributed by atoms with van der Waals surface area (Å²) in [5.74, 6) is -3.04. The van der Waals surface area contributed by atoms with E-state index in [1.807, 2.05) is 27.7 Å². The Morgan fingerprint density at radius 3 is 2.00 bits per heavy atom. The number of hydrogen-bond acceptors (Lipinski definition) is 7. The topological polar surface area (TPSA) is 203 Å². The first kappa shape index (κ1) is 39.8. The van der Waals surface area contributed by atoms with E-state index in [-0.39, 0.29) is 43.4 Å². The van der Waals surface area contributed by atoms with Crippen LogP contribution in [0, 0.1) is 17.8 Å². The minimum absolute atomic E-state index is 0.0433. The molecule has 0 heterocycles. The molecule has 0 saturated heterocycles. The molecule has 0 unspecified atom stereocenters. The summed E-state index contributed by atoms with van der Waals surface area (Å²) in [5, 5.41) is 33.7. The largest absolute Gasteiger partial charge is 0.481 e. The summed E-state index contributed by atoms with van der Waals surface area (Å²) < 4.78 is 0. The van der Waals surface area contributed by atoms with Gasteiger partial charge < -0.3 is 36.8 Å². The van der Waals surface area contributed by atoms with Gasteiger partial charge in [-0.25, -0.2) is 0 Å². The minimum atomic E-state index is -1.23. The predicted molar refractivity (Wildman–Crippen MR) is 170 cm³/mol. The molecule has 0 spiro atoms. The molecule has 13 heteroatoms. The number of rotatable bonds is 23. The number of aliphatic hydroxyl groups excluding tert-OH is 1. The fourth-order valence-corrected chi connectivity index (χ4v) is 5.07. The van der Waals surface area contributed by atoms with Gasteiger partial charge in [0.05, 0.1) is 18.6 Å². The van der Waals surface area contributed by atoms with Gasteiger partial charge >= 0.3 is 5.97 Å². The first-order chi connectivity index (χ1) is 21.2. The third-order valence-electron chi connectivity index (χ3n) is 8.00. The van der Waals surface area contributed by atoms with Gasteiger partial charge in [-0.2, -0.15) is 0 Å². The summed E-state index contributed by atoms with van der Waals surface area (Å²) >= 11 is 0. The van der Waals surface area contributed by atoms with E-state index in [0.717, 1.165) is 12.8 Å². The van der Waals surface area contributed by atoms with Crippen LogP contribution in [-0.4, -0.2) is 82.5 Å². The number of hydrogen-bond donors (Lipinski definition) is 7. The molecule has 258 valence electrons. The molecule has 0 bridgehead atoms. The lowest BCUT2D eigenvalue weighted by Gasteiger charge is -2.30. The molecule has 1 saturated carbocycles. The molecule has 7 N–H and O–H groups in total. The van der Waals surface area contributed by atoms with E-state index in [9.17, 15) is 33.9 Å². The fraction of sp³-hybridized carbons (Fsp3) is 0.812. The average molecular weight is 640 g/mol. The van der Waals surface area contributed by atoms with Crippen LogP contribution < -0.4 is 26.6 Å². The number of amides is 5. The Morgan fingerprint density at radius 2 is 1.47 bits per heavy atom.